The number of halogens is 3. The summed E-state index contributed by atoms with van der Waals surface area (Å²) in [6.45, 7) is 13.5. The van der Waals surface area contributed by atoms with Crippen molar-refractivity contribution in [3.63, 3.8) is 0 Å². The summed E-state index contributed by atoms with van der Waals surface area (Å²) in [4.78, 5) is 12.2. The van der Waals surface area contributed by atoms with Gasteiger partial charge in [0, 0.05) is 52.3 Å². The summed E-state index contributed by atoms with van der Waals surface area (Å²) < 4.78 is 83.3. The first kappa shape index (κ1) is 37.4. The fraction of sp³-hybridized carbons (Fsp3) is 0.111. The molecule has 0 amide bonds. The van der Waals surface area contributed by atoms with E-state index in [1.165, 1.54) is 0 Å². The number of aryl methyl sites for hydroxylation is 1. The van der Waals surface area contributed by atoms with Gasteiger partial charge < -0.3 is 9.12 Å². The van der Waals surface area contributed by atoms with Gasteiger partial charge in [-0.15, -0.1) is 0 Å². The molecule has 0 N–H and O–H groups in total. The Balaban J connectivity index is -0.000000177. The van der Waals surface area contributed by atoms with Gasteiger partial charge in [0.15, 0.2) is 10.1 Å². The van der Waals surface area contributed by atoms with Gasteiger partial charge in [-0.25, -0.2) is 13.4 Å². The largest absolute Gasteiger partial charge is 0.255 e. The second-order valence-corrected chi connectivity index (χ2v) is 5.93. The third-order valence-corrected chi connectivity index (χ3v) is 3.08. The van der Waals surface area contributed by atoms with Crippen molar-refractivity contribution in [3.8, 4) is 11.4 Å². The van der Waals surface area contributed by atoms with Gasteiger partial charge >= 0.3 is 39.4 Å². The summed E-state index contributed by atoms with van der Waals surface area (Å²) >= 11 is 0. The van der Waals surface area contributed by atoms with Gasteiger partial charge in [0.05, 0.1) is 17.7 Å². The molecule has 0 atom stereocenters. The van der Waals surface area contributed by atoms with Crippen LogP contribution in [0.25, 0.3) is 11.4 Å². The van der Waals surface area contributed by atoms with E-state index in [0.29, 0.717) is 0 Å². The Morgan fingerprint density at radius 2 is 1.24 bits per heavy atom. The van der Waals surface area contributed by atoms with Crippen LogP contribution in [0.3, 0.4) is 0 Å². The number of imidazole rings is 1. The van der Waals surface area contributed by atoms with Crippen LogP contribution in [-0.4, -0.2) is 38.0 Å². The zero-order chi connectivity index (χ0) is 25.6. The molecule has 15 heteroatoms. The molecule has 1 radical (unpaired) electrons. The maximum absolute atomic E-state index is 10.7. The van der Waals surface area contributed by atoms with E-state index >= 15 is 0 Å². The van der Waals surface area contributed by atoms with Crippen molar-refractivity contribution in [1.29, 1.82) is 0 Å². The quantitative estimate of drug-likeness (QED) is 0.169. The van der Waals surface area contributed by atoms with Crippen molar-refractivity contribution in [2.45, 2.75) is 5.51 Å². The number of aromatic nitrogens is 4. The van der Waals surface area contributed by atoms with Gasteiger partial charge in [-0.1, -0.05) is 12.1 Å². The fourth-order valence-corrected chi connectivity index (χ4v) is 1.35. The van der Waals surface area contributed by atoms with E-state index in [1.54, 1.807) is 24.9 Å². The van der Waals surface area contributed by atoms with E-state index in [9.17, 15) is 13.2 Å². The van der Waals surface area contributed by atoms with Crippen LogP contribution in [0.2, 0.25) is 0 Å². The molecule has 3 rings (SSSR count). The predicted molar refractivity (Wildman–Crippen MR) is 98.2 cm³/mol. The number of alkyl halides is 3. The summed E-state index contributed by atoms with van der Waals surface area (Å²) in [6, 6.07) is 11.6. The van der Waals surface area contributed by atoms with E-state index in [4.69, 9.17) is 26.9 Å². The second-order valence-electron chi connectivity index (χ2n) is 4.56. The first-order chi connectivity index (χ1) is 15.1. The third-order valence-electron chi connectivity index (χ3n) is 2.51. The van der Waals surface area contributed by atoms with E-state index < -0.39 is 15.6 Å². The van der Waals surface area contributed by atoms with Gasteiger partial charge in [-0.3, -0.25) is 9.97 Å². The second kappa shape index (κ2) is 22.3. The van der Waals surface area contributed by atoms with Crippen molar-refractivity contribution in [2.24, 2.45) is 7.05 Å². The zero-order valence-corrected chi connectivity index (χ0v) is 20.0. The molecule has 0 saturated carbocycles. The molecule has 0 spiro atoms. The molecular weight excluding hydrogens is 643 g/mol. The molecule has 3 aromatic heterocycles. The van der Waals surface area contributed by atoms with E-state index in [1.807, 2.05) is 54.2 Å². The molecule has 0 saturated heterocycles. The van der Waals surface area contributed by atoms with Gasteiger partial charge in [0.25, 0.3) is 0 Å². The molecule has 0 fully saturated rings. The molecule has 0 unspecified atom stereocenters. The predicted octanol–water partition coefficient (Wildman–Crippen LogP) is 2.50. The molecule has 3 aromatic rings. The monoisotopic (exact) mass is 658 g/mol. The Morgan fingerprint density at radius 3 is 1.39 bits per heavy atom. The normalized spacial score (nSPS) is 8.70. The molecule has 33 heavy (non-hydrogen) atoms. The molecule has 0 aliphatic rings. The van der Waals surface area contributed by atoms with Crippen LogP contribution in [0, 0.1) is 20.0 Å². The average molecular weight is 658 g/mol. The summed E-state index contributed by atoms with van der Waals surface area (Å²) in [5.41, 5.74) is -3.82. The smallest absolute Gasteiger partial charge is 0.0886 e. The van der Waals surface area contributed by atoms with E-state index in [2.05, 4.69) is 34.9 Å². The van der Waals surface area contributed by atoms with Gasteiger partial charge in [0.1, 0.15) is 0 Å². The zero-order valence-electron chi connectivity index (χ0n) is 16.5. The van der Waals surface area contributed by atoms with Crippen LogP contribution < -0.4 is 0 Å². The maximum atomic E-state index is 10.7. The van der Waals surface area contributed by atoms with Crippen LogP contribution in [0.5, 0.6) is 0 Å². The molecule has 0 aliphatic carbocycles. The van der Waals surface area contributed by atoms with E-state index in [0.717, 1.165) is 11.4 Å². The molecule has 0 aliphatic heterocycles. The number of rotatable bonds is 1. The first-order valence-corrected chi connectivity index (χ1v) is 8.90. The van der Waals surface area contributed by atoms with Crippen molar-refractivity contribution in [1.82, 2.24) is 19.5 Å². The first-order valence-electron chi connectivity index (χ1n) is 7.49. The van der Waals surface area contributed by atoms with E-state index in [-0.39, 0.29) is 20.4 Å². The third kappa shape index (κ3) is 19.5. The Hall–Kier alpha value is -2.91. The van der Waals surface area contributed by atoms with Gasteiger partial charge in [-0.2, -0.15) is 13.2 Å². The number of nitrogens with zero attached hydrogens (tertiary/aromatic N) is 4. The molecule has 3 heterocycles. The van der Waals surface area contributed by atoms with Crippen molar-refractivity contribution < 1.29 is 60.5 Å². The molecule has 0 bridgehead atoms. The minimum absolute atomic E-state index is 0. The minimum Gasteiger partial charge on any atom is -0.255 e. The van der Waals surface area contributed by atoms with Crippen LogP contribution in [0.15, 0.2) is 67.5 Å². The Morgan fingerprint density at radius 1 is 0.879 bits per heavy atom. The minimum atomic E-state index is -6.09. The van der Waals surface area contributed by atoms with Gasteiger partial charge in [0.2, 0.25) is 0 Å². The van der Waals surface area contributed by atoms with Crippen LogP contribution in [0.1, 0.15) is 0 Å². The van der Waals surface area contributed by atoms with Crippen LogP contribution in [-0.2, 0) is 51.5 Å². The number of hydrogen-bond donors (Lipinski definition) is 0. The summed E-state index contributed by atoms with van der Waals surface area (Å²) in [6.07, 6.45) is 8.92. The summed E-state index contributed by atoms with van der Waals surface area (Å²) in [7, 11) is -4.15. The summed E-state index contributed by atoms with van der Waals surface area (Å²) in [5.74, 6) is 0. The van der Waals surface area contributed by atoms with Crippen molar-refractivity contribution >= 4 is 10.1 Å². The van der Waals surface area contributed by atoms with Crippen molar-refractivity contribution in [2.75, 3.05) is 0 Å². The summed E-state index contributed by atoms with van der Waals surface area (Å²) in [5, 5.41) is 0. The van der Waals surface area contributed by atoms with Crippen LogP contribution in [0.4, 0.5) is 13.2 Å². The number of pyridine rings is 2. The number of hydrogen-bond acceptors (Lipinski definition) is 6. The average Bonchev–Trinajstić information content (AvgIpc) is 3.29. The SMILES string of the molecule is Cn1ccnc1.O=S(=O)([O-])C(F)(F)F.[C-]#[O+].[C-]#[O+].[C-]#[O+].[Re].c1ccc(-c2ccccn2)nc1. The Bertz CT molecular complexity index is 947. The fourth-order valence-electron chi connectivity index (χ4n) is 1.35. The molecule has 0 aromatic carbocycles. The topological polar surface area (TPSA) is 160 Å². The van der Waals surface area contributed by atoms with Crippen LogP contribution >= 0.6 is 0 Å². The maximum Gasteiger partial charge on any atom is 0.0886 e. The van der Waals surface area contributed by atoms with Crippen molar-refractivity contribution in [3.05, 3.63) is 87.5 Å². The molecule has 10 nitrogen and oxygen atoms in total. The molecule has 177 valence electrons. The molecular formula is C18H14F3N4O6ReS-. The Kier molecular flexibility index (Phi) is 25.3. The Labute approximate surface area is 201 Å². The van der Waals surface area contributed by atoms with Gasteiger partial charge in [-0.05, 0) is 24.3 Å². The standard InChI is InChI=1S/C10H8N2.C4H6N2.CHF3O3S.3CO.Re/c1-3-7-11-9(5-1)10-6-2-4-8-12-10;1-6-3-2-5-4-6;2-1(3,4)8(5,6)7;3*1-2;/h1-8H;2-4H,1H3;(H,5,6,7);;;;/p-1.